The second-order valence-electron chi connectivity index (χ2n) is 15.5. The number of carbonyl (C=O) groups excluding carboxylic acids is 1. The minimum Gasteiger partial charge on any atom is -0.508 e. The van der Waals surface area contributed by atoms with Gasteiger partial charge in [0, 0.05) is 16.7 Å². The number of benzene rings is 6. The molecule has 2 radical (unpaired) electrons. The van der Waals surface area contributed by atoms with Crippen LogP contribution in [0.5, 0.6) is 11.5 Å². The summed E-state index contributed by atoms with van der Waals surface area (Å²) in [5, 5.41) is 19.3. The van der Waals surface area contributed by atoms with Gasteiger partial charge in [0.2, 0.25) is 0 Å². The van der Waals surface area contributed by atoms with Crippen molar-refractivity contribution in [2.45, 2.75) is 78.7 Å². The Labute approximate surface area is 369 Å². The maximum Gasteiger partial charge on any atom is 0.260 e. The van der Waals surface area contributed by atoms with Crippen molar-refractivity contribution < 1.29 is 15.0 Å². The molecule has 1 heterocycles. The van der Waals surface area contributed by atoms with Crippen LogP contribution >= 0.6 is 33.0 Å². The highest BCUT2D eigenvalue weighted by Gasteiger charge is 2.52. The number of hydrogen-bond donors (Lipinski definition) is 2. The van der Waals surface area contributed by atoms with Gasteiger partial charge in [-0.15, -0.1) is 25.0 Å². The van der Waals surface area contributed by atoms with Crippen LogP contribution in [0.25, 0.3) is 0 Å². The van der Waals surface area contributed by atoms with Crippen LogP contribution in [-0.2, 0) is 11.0 Å². The molecule has 0 saturated heterocycles. The topological polar surface area (TPSA) is 60.8 Å². The monoisotopic (exact) mass is 871 g/mol. The highest BCUT2D eigenvalue weighted by molar-refractivity contribution is 8.68. The molecule has 1 amide bonds. The molecule has 1 fully saturated rings. The minimum atomic E-state index is -0.711. The van der Waals surface area contributed by atoms with E-state index in [0.29, 0.717) is 17.4 Å². The van der Waals surface area contributed by atoms with Crippen molar-refractivity contribution in [3.8, 4) is 11.5 Å². The van der Waals surface area contributed by atoms with E-state index >= 15 is 0 Å². The Morgan fingerprint density at radius 1 is 0.633 bits per heavy atom. The van der Waals surface area contributed by atoms with Crippen molar-refractivity contribution >= 4 is 52.2 Å². The number of rotatable bonds is 6. The molecule has 1 aliphatic carbocycles. The Balaban J connectivity index is 0.000000225. The fourth-order valence-electron chi connectivity index (χ4n) is 9.10. The number of phenolic OH excluding ortho intramolecular Hbond substituents is 2. The van der Waals surface area contributed by atoms with E-state index in [2.05, 4.69) is 93.2 Å². The molecule has 5 atom stereocenters. The van der Waals surface area contributed by atoms with Crippen molar-refractivity contribution in [2.75, 3.05) is 4.90 Å². The van der Waals surface area contributed by atoms with Crippen LogP contribution in [0.4, 0.5) is 5.69 Å². The van der Waals surface area contributed by atoms with E-state index < -0.39 is 5.54 Å². The van der Waals surface area contributed by atoms with Gasteiger partial charge < -0.3 is 10.2 Å². The van der Waals surface area contributed by atoms with Crippen molar-refractivity contribution in [3.05, 3.63) is 197 Å². The predicted octanol–water partition coefficient (Wildman–Crippen LogP) is 14.6. The fourth-order valence-corrected chi connectivity index (χ4v) is 9.10. The summed E-state index contributed by atoms with van der Waals surface area (Å²) in [5.41, 5.74) is 6.78. The van der Waals surface area contributed by atoms with Crippen LogP contribution in [0, 0.1) is 11.3 Å². The smallest absolute Gasteiger partial charge is 0.260 e. The standard InChI is InChI=1S/C26H19NO.C21H26O2.2C2H6.BH5P4/c28-25-23-18-10-11-19-24(23)26(20-12-4-1-5-13-20,21-14-6-2-7-15-21)27(25)22-16-8-3-9-17-22;1-15-12-20(2,3)14-21(13-15,16-4-8-18(22)9-5-16)17-6-10-19(23)11-7-17;2*1-2;1-5(3)4-2/h1-19H;4-11,15,22-23H,12-14H2,1-3H3;2*1-2H3;4H,2-3H2. The Bertz CT molecular complexity index is 2100. The van der Waals surface area contributed by atoms with Gasteiger partial charge in [0.1, 0.15) is 24.6 Å². The average molecular weight is 872 g/mol. The second kappa shape index (κ2) is 22.9. The third-order valence-electron chi connectivity index (χ3n) is 10.9. The number of fused-ring (bicyclic) bond motifs is 1. The van der Waals surface area contributed by atoms with E-state index in [0.717, 1.165) is 48.7 Å². The summed E-state index contributed by atoms with van der Waals surface area (Å²) in [6, 6.07) is 53.8. The molecule has 1 saturated carbocycles. The molecule has 6 aromatic carbocycles. The van der Waals surface area contributed by atoms with Crippen molar-refractivity contribution in [2.24, 2.45) is 11.3 Å². The van der Waals surface area contributed by atoms with Gasteiger partial charge in [0.15, 0.2) is 0 Å². The highest BCUT2D eigenvalue weighted by atomic mass is 32.6. The van der Waals surface area contributed by atoms with Crippen LogP contribution in [-0.4, -0.2) is 23.7 Å². The number of anilines is 1. The summed E-state index contributed by atoms with van der Waals surface area (Å²) < 4.78 is 0. The molecule has 6 aromatic rings. The molecule has 2 N–H and O–H groups in total. The summed E-state index contributed by atoms with van der Waals surface area (Å²) in [7, 11) is 11.1. The molecule has 4 nitrogen and oxygen atoms in total. The summed E-state index contributed by atoms with van der Waals surface area (Å²) in [6.07, 6.45) is 3.39. The van der Waals surface area contributed by atoms with Crippen LogP contribution < -0.4 is 4.90 Å². The third kappa shape index (κ3) is 11.2. The number of nitrogens with zero attached hydrogens (tertiary/aromatic N) is 1. The maximum atomic E-state index is 13.7. The fraction of sp³-hybridized carbons (Fsp3) is 0.275. The largest absolute Gasteiger partial charge is 0.508 e. The highest BCUT2D eigenvalue weighted by Crippen LogP contribution is 2.62. The van der Waals surface area contributed by atoms with Crippen LogP contribution in [0.3, 0.4) is 0 Å². The molecule has 9 heteroatoms. The zero-order valence-corrected chi connectivity index (χ0v) is 40.4. The third-order valence-corrected chi connectivity index (χ3v) is 18.8. The first-order valence-electron chi connectivity index (χ1n) is 20.9. The molecule has 0 bridgehead atoms. The molecular weight excluding hydrogens is 809 g/mol. The normalized spacial score (nSPS) is 17.2. The van der Waals surface area contributed by atoms with Gasteiger partial charge in [-0.05, 0) is 101 Å². The van der Waals surface area contributed by atoms with Gasteiger partial charge in [-0.2, -0.15) is 0 Å². The maximum absolute atomic E-state index is 13.7. The summed E-state index contributed by atoms with van der Waals surface area (Å²) in [6.45, 7) is 15.0. The van der Waals surface area contributed by atoms with Gasteiger partial charge in [0.25, 0.3) is 5.91 Å². The molecular formula is C51H62BNO3P4. The average Bonchev–Trinajstić information content (AvgIpc) is 3.55. The van der Waals surface area contributed by atoms with E-state index in [1.54, 1.807) is 24.3 Å². The van der Waals surface area contributed by atoms with Gasteiger partial charge in [-0.3, -0.25) is 9.69 Å². The number of para-hydroxylation sites is 1. The van der Waals surface area contributed by atoms with Gasteiger partial charge in [0.05, 0.1) is 0 Å². The molecule has 0 aromatic heterocycles. The SMILES string of the molecule is CC.CC.CC1CC(C)(C)CC(c2ccc(O)cc2)(c2ccc(O)cc2)C1.O=C1c2ccccc2C(c2ccccc2)(c2ccccc2)N1c1ccccc1.[B]P(P)PP. The first kappa shape index (κ1) is 48.8. The molecule has 312 valence electrons. The summed E-state index contributed by atoms with van der Waals surface area (Å²) in [4.78, 5) is 15.6. The Kier molecular flexibility index (Phi) is 18.6. The van der Waals surface area contributed by atoms with E-state index in [-0.39, 0.29) is 23.9 Å². The lowest BCUT2D eigenvalue weighted by atomic mass is 9.55. The van der Waals surface area contributed by atoms with Crippen molar-refractivity contribution in [1.82, 2.24) is 0 Å². The molecule has 60 heavy (non-hydrogen) atoms. The minimum absolute atomic E-state index is 0.0227. The Hall–Kier alpha value is -3.83. The lowest BCUT2D eigenvalue weighted by Gasteiger charge is -2.48. The van der Waals surface area contributed by atoms with E-state index in [9.17, 15) is 15.0 Å². The van der Waals surface area contributed by atoms with E-state index in [4.69, 9.17) is 7.57 Å². The van der Waals surface area contributed by atoms with E-state index in [1.165, 1.54) is 17.5 Å². The van der Waals surface area contributed by atoms with Crippen molar-refractivity contribution in [1.29, 1.82) is 0 Å². The summed E-state index contributed by atoms with van der Waals surface area (Å²) in [5.74, 6) is 1.26. The van der Waals surface area contributed by atoms with Crippen molar-refractivity contribution in [3.63, 3.8) is 0 Å². The Morgan fingerprint density at radius 2 is 1.03 bits per heavy atom. The molecule has 1 aliphatic heterocycles. The molecule has 0 spiro atoms. The molecule has 8 rings (SSSR count). The molecule has 5 unspecified atom stereocenters. The van der Waals surface area contributed by atoms with Gasteiger partial charge in [-0.1, -0.05) is 178 Å². The Morgan fingerprint density at radius 3 is 1.45 bits per heavy atom. The van der Waals surface area contributed by atoms with E-state index in [1.807, 2.05) is 118 Å². The zero-order chi connectivity index (χ0) is 43.9. The quantitative estimate of drug-likeness (QED) is 0.129. The summed E-state index contributed by atoms with van der Waals surface area (Å²) >= 11 is 0. The number of phenols is 2. The lowest BCUT2D eigenvalue weighted by Crippen LogP contribution is -2.46. The van der Waals surface area contributed by atoms with Crippen LogP contribution in [0.15, 0.2) is 164 Å². The van der Waals surface area contributed by atoms with Crippen LogP contribution in [0.1, 0.15) is 106 Å². The molecule has 2 aliphatic rings. The lowest BCUT2D eigenvalue weighted by molar-refractivity contribution is 0.0986. The number of carbonyl (C=O) groups is 1. The second-order valence-corrected chi connectivity index (χ2v) is 24.5. The number of amides is 1. The van der Waals surface area contributed by atoms with Gasteiger partial charge >= 0.3 is 0 Å². The predicted molar refractivity (Wildman–Crippen MR) is 269 cm³/mol. The number of aromatic hydroxyl groups is 2. The van der Waals surface area contributed by atoms with Crippen LogP contribution in [0.2, 0.25) is 0 Å². The number of hydrogen-bond acceptors (Lipinski definition) is 3. The first-order valence-corrected chi connectivity index (χ1v) is 27.5. The van der Waals surface area contributed by atoms with Gasteiger partial charge in [-0.25, -0.2) is 0 Å². The first-order chi connectivity index (χ1) is 28.9. The zero-order valence-electron chi connectivity index (χ0n) is 36.2.